The van der Waals surface area contributed by atoms with Crippen LogP contribution in [-0.4, -0.2) is 18.5 Å². The molecule has 0 amide bonds. The lowest BCUT2D eigenvalue weighted by Gasteiger charge is -2.17. The summed E-state index contributed by atoms with van der Waals surface area (Å²) in [6.07, 6.45) is 1.08. The molecule has 0 fully saturated rings. The molecule has 19 heavy (non-hydrogen) atoms. The molecule has 0 radical (unpaired) electrons. The van der Waals surface area contributed by atoms with Gasteiger partial charge in [0.1, 0.15) is 0 Å². The Kier molecular flexibility index (Phi) is 4.58. The third-order valence-corrected chi connectivity index (χ3v) is 3.42. The smallest absolute Gasteiger partial charge is 0.0346 e. The highest BCUT2D eigenvalue weighted by molar-refractivity contribution is 5.48. The topological polar surface area (TPSA) is 29.3 Å². The van der Waals surface area contributed by atoms with Crippen molar-refractivity contribution >= 4 is 5.69 Å². The molecule has 2 heteroatoms. The molecule has 0 atom stereocenters. The van der Waals surface area contributed by atoms with Crippen molar-refractivity contribution in [3.05, 3.63) is 65.2 Å². The fraction of sp³-hybridized carbons (Fsp3) is 0.294. The van der Waals surface area contributed by atoms with Crippen LogP contribution >= 0.6 is 0 Å². The van der Waals surface area contributed by atoms with Gasteiger partial charge < -0.3 is 10.6 Å². The van der Waals surface area contributed by atoms with E-state index < -0.39 is 0 Å². The summed E-state index contributed by atoms with van der Waals surface area (Å²) in [5.41, 5.74) is 10.6. The molecule has 2 aromatic carbocycles. The van der Waals surface area contributed by atoms with Crippen LogP contribution in [0.1, 0.15) is 16.7 Å². The van der Waals surface area contributed by atoms with Gasteiger partial charge in [-0.1, -0.05) is 42.5 Å². The van der Waals surface area contributed by atoms with E-state index in [9.17, 15) is 0 Å². The van der Waals surface area contributed by atoms with Crippen LogP contribution in [0, 0.1) is 6.92 Å². The van der Waals surface area contributed by atoms with Gasteiger partial charge in [-0.25, -0.2) is 0 Å². The summed E-state index contributed by atoms with van der Waals surface area (Å²) in [6, 6.07) is 16.9. The minimum absolute atomic E-state index is 0.883. The molecule has 2 aromatic rings. The van der Waals surface area contributed by atoms with Gasteiger partial charge in [-0.15, -0.1) is 0 Å². The SMILES string of the molecule is Cc1ccc(CN(C)CCc2ccccc2)cc1N. The largest absolute Gasteiger partial charge is 0.399 e. The van der Waals surface area contributed by atoms with Crippen LogP contribution in [0.25, 0.3) is 0 Å². The second kappa shape index (κ2) is 6.39. The van der Waals surface area contributed by atoms with E-state index in [-0.39, 0.29) is 0 Å². The molecule has 0 aromatic heterocycles. The average Bonchev–Trinajstić information content (AvgIpc) is 2.42. The lowest BCUT2D eigenvalue weighted by molar-refractivity contribution is 0.331. The molecule has 100 valence electrons. The summed E-state index contributed by atoms with van der Waals surface area (Å²) in [5, 5.41) is 0. The van der Waals surface area contributed by atoms with Crippen molar-refractivity contribution in [2.24, 2.45) is 0 Å². The fourth-order valence-corrected chi connectivity index (χ4v) is 2.14. The highest BCUT2D eigenvalue weighted by Crippen LogP contribution is 2.14. The number of rotatable bonds is 5. The number of anilines is 1. The summed E-state index contributed by atoms with van der Waals surface area (Å²) in [7, 11) is 2.15. The summed E-state index contributed by atoms with van der Waals surface area (Å²) in [5.74, 6) is 0. The molecule has 0 heterocycles. The third kappa shape index (κ3) is 4.11. The molecular formula is C17H22N2. The monoisotopic (exact) mass is 254 g/mol. The quantitative estimate of drug-likeness (QED) is 0.830. The normalized spacial score (nSPS) is 10.9. The highest BCUT2D eigenvalue weighted by atomic mass is 15.1. The number of likely N-dealkylation sites (N-methyl/N-ethyl adjacent to an activating group) is 1. The van der Waals surface area contributed by atoms with Gasteiger partial charge in [0.15, 0.2) is 0 Å². The van der Waals surface area contributed by atoms with Crippen LogP contribution in [0.4, 0.5) is 5.69 Å². The van der Waals surface area contributed by atoms with Crippen molar-refractivity contribution in [1.29, 1.82) is 0 Å². The number of hydrogen-bond donors (Lipinski definition) is 1. The van der Waals surface area contributed by atoms with Crippen molar-refractivity contribution in [2.45, 2.75) is 19.9 Å². The molecule has 0 saturated heterocycles. The molecule has 0 aliphatic carbocycles. The highest BCUT2D eigenvalue weighted by Gasteiger charge is 2.02. The average molecular weight is 254 g/mol. The summed E-state index contributed by atoms with van der Waals surface area (Å²) in [4.78, 5) is 2.33. The Morgan fingerprint density at radius 3 is 2.42 bits per heavy atom. The molecular weight excluding hydrogens is 232 g/mol. The number of nitrogens with two attached hydrogens (primary N) is 1. The molecule has 0 saturated carbocycles. The Hall–Kier alpha value is -1.80. The van der Waals surface area contributed by atoms with Gasteiger partial charge in [0.05, 0.1) is 0 Å². The lowest BCUT2D eigenvalue weighted by Crippen LogP contribution is -2.20. The van der Waals surface area contributed by atoms with Crippen LogP contribution in [0.3, 0.4) is 0 Å². The van der Waals surface area contributed by atoms with Crippen molar-refractivity contribution in [3.8, 4) is 0 Å². The zero-order valence-electron chi connectivity index (χ0n) is 11.8. The van der Waals surface area contributed by atoms with Crippen LogP contribution in [-0.2, 0) is 13.0 Å². The predicted octanol–water partition coefficient (Wildman–Crippen LogP) is 3.25. The Morgan fingerprint density at radius 1 is 1.00 bits per heavy atom. The second-order valence-electron chi connectivity index (χ2n) is 5.16. The van der Waals surface area contributed by atoms with E-state index in [0.717, 1.165) is 30.8 Å². The Morgan fingerprint density at radius 2 is 1.74 bits per heavy atom. The molecule has 0 aliphatic rings. The fourth-order valence-electron chi connectivity index (χ4n) is 2.14. The zero-order valence-corrected chi connectivity index (χ0v) is 11.8. The van der Waals surface area contributed by atoms with Crippen molar-refractivity contribution in [1.82, 2.24) is 4.90 Å². The minimum atomic E-state index is 0.883. The minimum Gasteiger partial charge on any atom is -0.399 e. The molecule has 2 N–H and O–H groups in total. The number of nitrogens with zero attached hydrogens (tertiary/aromatic N) is 1. The molecule has 0 bridgehead atoms. The van der Waals surface area contributed by atoms with Crippen LogP contribution in [0.5, 0.6) is 0 Å². The van der Waals surface area contributed by atoms with Crippen molar-refractivity contribution < 1.29 is 0 Å². The maximum absolute atomic E-state index is 5.94. The van der Waals surface area contributed by atoms with Crippen LogP contribution in [0.2, 0.25) is 0 Å². The van der Waals surface area contributed by atoms with Crippen LogP contribution < -0.4 is 5.73 Å². The maximum atomic E-state index is 5.94. The summed E-state index contributed by atoms with van der Waals surface area (Å²) >= 11 is 0. The van der Waals surface area contributed by atoms with Gasteiger partial charge in [-0.2, -0.15) is 0 Å². The first-order valence-corrected chi connectivity index (χ1v) is 6.72. The molecule has 0 aliphatic heterocycles. The van der Waals surface area contributed by atoms with Crippen LogP contribution in [0.15, 0.2) is 48.5 Å². The van der Waals surface area contributed by atoms with E-state index in [4.69, 9.17) is 5.73 Å². The van der Waals surface area contributed by atoms with E-state index in [0.29, 0.717) is 0 Å². The number of hydrogen-bond acceptors (Lipinski definition) is 2. The molecule has 2 rings (SSSR count). The van der Waals surface area contributed by atoms with Gasteiger partial charge in [0.2, 0.25) is 0 Å². The van der Waals surface area contributed by atoms with E-state index in [2.05, 4.69) is 60.5 Å². The molecule has 2 nitrogen and oxygen atoms in total. The van der Waals surface area contributed by atoms with Gasteiger partial charge in [-0.3, -0.25) is 0 Å². The lowest BCUT2D eigenvalue weighted by atomic mass is 10.1. The Bertz CT molecular complexity index is 520. The number of aryl methyl sites for hydroxylation is 1. The predicted molar refractivity (Wildman–Crippen MR) is 82.1 cm³/mol. The van der Waals surface area contributed by atoms with Gasteiger partial charge in [0.25, 0.3) is 0 Å². The van der Waals surface area contributed by atoms with Crippen molar-refractivity contribution in [2.75, 3.05) is 19.3 Å². The van der Waals surface area contributed by atoms with Gasteiger partial charge in [-0.05, 0) is 43.1 Å². The first kappa shape index (κ1) is 13.6. The van der Waals surface area contributed by atoms with E-state index >= 15 is 0 Å². The number of nitrogen functional groups attached to an aromatic ring is 1. The molecule has 0 unspecified atom stereocenters. The maximum Gasteiger partial charge on any atom is 0.0346 e. The number of benzene rings is 2. The van der Waals surface area contributed by atoms with E-state index in [1.807, 2.05) is 6.92 Å². The Labute approximate surface area is 115 Å². The summed E-state index contributed by atoms with van der Waals surface area (Å²) in [6.45, 7) is 4.04. The molecule has 0 spiro atoms. The van der Waals surface area contributed by atoms with E-state index in [1.54, 1.807) is 0 Å². The first-order valence-electron chi connectivity index (χ1n) is 6.72. The summed E-state index contributed by atoms with van der Waals surface area (Å²) < 4.78 is 0. The zero-order chi connectivity index (χ0) is 13.7. The first-order chi connectivity index (χ1) is 9.15. The van der Waals surface area contributed by atoms with Gasteiger partial charge in [0, 0.05) is 18.8 Å². The van der Waals surface area contributed by atoms with E-state index in [1.165, 1.54) is 11.1 Å². The standard InChI is InChI=1S/C17H22N2/c1-14-8-9-16(12-17(14)18)13-19(2)11-10-15-6-4-3-5-7-15/h3-9,12H,10-11,13,18H2,1-2H3. The Balaban J connectivity index is 1.87. The second-order valence-corrected chi connectivity index (χ2v) is 5.16. The van der Waals surface area contributed by atoms with Gasteiger partial charge >= 0.3 is 0 Å². The third-order valence-electron chi connectivity index (χ3n) is 3.42. The van der Waals surface area contributed by atoms with Crippen molar-refractivity contribution in [3.63, 3.8) is 0 Å².